The van der Waals surface area contributed by atoms with Crippen LogP contribution in [0.2, 0.25) is 0 Å². The van der Waals surface area contributed by atoms with E-state index in [-0.39, 0.29) is 18.6 Å². The van der Waals surface area contributed by atoms with Crippen LogP contribution in [0.1, 0.15) is 25.6 Å². The van der Waals surface area contributed by atoms with E-state index in [0.29, 0.717) is 12.1 Å². The van der Waals surface area contributed by atoms with E-state index in [2.05, 4.69) is 15.0 Å². The predicted molar refractivity (Wildman–Crippen MR) is 60.9 cm³/mol. The maximum absolute atomic E-state index is 8.95. The van der Waals surface area contributed by atoms with Gasteiger partial charge in [-0.15, -0.1) is 0 Å². The molecule has 0 saturated heterocycles. The third-order valence-corrected chi connectivity index (χ3v) is 2.42. The fourth-order valence-corrected chi connectivity index (χ4v) is 1.65. The smallest absolute Gasteiger partial charge is 0.222 e. The van der Waals surface area contributed by atoms with Gasteiger partial charge < -0.3 is 15.4 Å². The molecule has 0 radical (unpaired) electrons. The minimum Gasteiger partial charge on any atom is -0.396 e. The standard InChI is InChI=1S/C10H15N5O/c1-6(2)15-5-12-8-7(3-4-16)13-10(11)14-9(8)15/h5-6,16H,3-4H2,1-2H3,(H2,11,13,14). The molecule has 0 unspecified atom stereocenters. The molecule has 0 amide bonds. The second-order valence-electron chi connectivity index (χ2n) is 3.92. The zero-order valence-electron chi connectivity index (χ0n) is 9.38. The predicted octanol–water partition coefficient (Wildman–Crippen LogP) is 0.524. The van der Waals surface area contributed by atoms with Crippen LogP contribution < -0.4 is 5.73 Å². The Labute approximate surface area is 93.1 Å². The topological polar surface area (TPSA) is 89.8 Å². The van der Waals surface area contributed by atoms with Gasteiger partial charge >= 0.3 is 0 Å². The highest BCUT2D eigenvalue weighted by Gasteiger charge is 2.12. The molecule has 3 N–H and O–H groups in total. The molecule has 2 rings (SSSR count). The van der Waals surface area contributed by atoms with E-state index in [4.69, 9.17) is 10.8 Å². The molecular formula is C10H15N5O. The number of imidazole rings is 1. The van der Waals surface area contributed by atoms with Crippen molar-refractivity contribution in [2.45, 2.75) is 26.3 Å². The molecule has 86 valence electrons. The summed E-state index contributed by atoms with van der Waals surface area (Å²) in [6.07, 6.45) is 2.17. The number of hydrogen-bond donors (Lipinski definition) is 2. The van der Waals surface area contributed by atoms with Crippen LogP contribution in [-0.4, -0.2) is 31.2 Å². The number of aromatic nitrogens is 4. The highest BCUT2D eigenvalue weighted by molar-refractivity contribution is 5.74. The van der Waals surface area contributed by atoms with Crippen LogP contribution in [0.4, 0.5) is 5.95 Å². The first-order valence-corrected chi connectivity index (χ1v) is 5.23. The minimum atomic E-state index is 0.0279. The van der Waals surface area contributed by atoms with Crippen molar-refractivity contribution in [3.05, 3.63) is 12.0 Å². The summed E-state index contributed by atoms with van der Waals surface area (Å²) < 4.78 is 1.94. The maximum Gasteiger partial charge on any atom is 0.222 e. The van der Waals surface area contributed by atoms with Crippen molar-refractivity contribution in [2.75, 3.05) is 12.3 Å². The molecule has 2 aromatic heterocycles. The van der Waals surface area contributed by atoms with Crippen molar-refractivity contribution in [3.63, 3.8) is 0 Å². The quantitative estimate of drug-likeness (QED) is 0.788. The number of rotatable bonds is 3. The van der Waals surface area contributed by atoms with Crippen LogP contribution in [0.25, 0.3) is 11.2 Å². The molecule has 0 aliphatic rings. The minimum absolute atomic E-state index is 0.0279. The fourth-order valence-electron chi connectivity index (χ4n) is 1.65. The average molecular weight is 221 g/mol. The summed E-state index contributed by atoms with van der Waals surface area (Å²) in [4.78, 5) is 12.6. The summed E-state index contributed by atoms with van der Waals surface area (Å²) in [6, 6.07) is 0.265. The van der Waals surface area contributed by atoms with Crippen molar-refractivity contribution in [1.82, 2.24) is 19.5 Å². The zero-order valence-corrected chi connectivity index (χ0v) is 9.38. The van der Waals surface area contributed by atoms with Gasteiger partial charge in [0.2, 0.25) is 5.95 Å². The van der Waals surface area contributed by atoms with E-state index in [1.165, 1.54) is 0 Å². The Morgan fingerprint density at radius 1 is 1.44 bits per heavy atom. The van der Waals surface area contributed by atoms with Gasteiger partial charge in [0, 0.05) is 19.1 Å². The second kappa shape index (κ2) is 4.05. The molecule has 0 saturated carbocycles. The summed E-state index contributed by atoms with van der Waals surface area (Å²) in [5.41, 5.74) is 7.78. The number of aliphatic hydroxyl groups excluding tert-OH is 1. The summed E-state index contributed by atoms with van der Waals surface area (Å²) in [5.74, 6) is 0.221. The number of aliphatic hydroxyl groups is 1. The zero-order chi connectivity index (χ0) is 11.7. The Balaban J connectivity index is 2.65. The van der Waals surface area contributed by atoms with E-state index in [9.17, 15) is 0 Å². The number of anilines is 1. The molecule has 16 heavy (non-hydrogen) atoms. The number of fused-ring (bicyclic) bond motifs is 1. The van der Waals surface area contributed by atoms with Crippen LogP contribution in [-0.2, 0) is 6.42 Å². The summed E-state index contributed by atoms with van der Waals surface area (Å²) in [6.45, 7) is 4.12. The second-order valence-corrected chi connectivity index (χ2v) is 3.92. The van der Waals surface area contributed by atoms with Gasteiger partial charge in [0.1, 0.15) is 5.52 Å². The monoisotopic (exact) mass is 221 g/mol. The molecule has 0 atom stereocenters. The van der Waals surface area contributed by atoms with Gasteiger partial charge in [0.15, 0.2) is 5.65 Å². The largest absolute Gasteiger partial charge is 0.396 e. The van der Waals surface area contributed by atoms with Gasteiger partial charge in [0.05, 0.1) is 12.0 Å². The van der Waals surface area contributed by atoms with Crippen LogP contribution in [0.5, 0.6) is 0 Å². The van der Waals surface area contributed by atoms with Gasteiger partial charge in [-0.1, -0.05) is 0 Å². The van der Waals surface area contributed by atoms with E-state index in [0.717, 1.165) is 11.2 Å². The third kappa shape index (κ3) is 1.71. The molecule has 2 aromatic rings. The van der Waals surface area contributed by atoms with Crippen molar-refractivity contribution < 1.29 is 5.11 Å². The van der Waals surface area contributed by atoms with Crippen molar-refractivity contribution in [2.24, 2.45) is 0 Å². The van der Waals surface area contributed by atoms with E-state index in [1.807, 2.05) is 18.4 Å². The molecule has 6 heteroatoms. The Morgan fingerprint density at radius 2 is 2.19 bits per heavy atom. The molecule has 0 aliphatic heterocycles. The molecule has 2 heterocycles. The van der Waals surface area contributed by atoms with E-state index in [1.54, 1.807) is 6.33 Å². The van der Waals surface area contributed by atoms with Crippen LogP contribution in [0.3, 0.4) is 0 Å². The summed E-state index contributed by atoms with van der Waals surface area (Å²) in [5, 5.41) is 8.95. The Hall–Kier alpha value is -1.69. The lowest BCUT2D eigenvalue weighted by atomic mass is 10.3. The fraction of sp³-hybridized carbons (Fsp3) is 0.500. The Morgan fingerprint density at radius 3 is 2.81 bits per heavy atom. The first-order chi connectivity index (χ1) is 7.63. The van der Waals surface area contributed by atoms with Crippen LogP contribution in [0, 0.1) is 0 Å². The number of nitrogens with two attached hydrogens (primary N) is 1. The summed E-state index contributed by atoms with van der Waals surface area (Å²) >= 11 is 0. The molecule has 0 aliphatic carbocycles. The van der Waals surface area contributed by atoms with Gasteiger partial charge in [-0.3, -0.25) is 0 Å². The lowest BCUT2D eigenvalue weighted by Crippen LogP contribution is -2.06. The average Bonchev–Trinajstić information content (AvgIpc) is 2.61. The first kappa shape index (κ1) is 10.8. The number of nitrogens with zero attached hydrogens (tertiary/aromatic N) is 4. The van der Waals surface area contributed by atoms with E-state index >= 15 is 0 Å². The van der Waals surface area contributed by atoms with Crippen LogP contribution in [0.15, 0.2) is 6.33 Å². The SMILES string of the molecule is CC(C)n1cnc2c(CCO)nc(N)nc21. The number of nitrogen functional groups attached to an aromatic ring is 1. The van der Waals surface area contributed by atoms with Gasteiger partial charge in [-0.25, -0.2) is 9.97 Å². The number of hydrogen-bond acceptors (Lipinski definition) is 5. The van der Waals surface area contributed by atoms with Gasteiger partial charge in [0.25, 0.3) is 0 Å². The van der Waals surface area contributed by atoms with Crippen molar-refractivity contribution in [3.8, 4) is 0 Å². The lowest BCUT2D eigenvalue weighted by Gasteiger charge is -2.07. The highest BCUT2D eigenvalue weighted by Crippen LogP contribution is 2.19. The summed E-state index contributed by atoms with van der Waals surface area (Å²) in [7, 11) is 0. The molecule has 0 fully saturated rings. The van der Waals surface area contributed by atoms with Crippen LogP contribution >= 0.6 is 0 Å². The lowest BCUT2D eigenvalue weighted by molar-refractivity contribution is 0.298. The van der Waals surface area contributed by atoms with Crippen molar-refractivity contribution >= 4 is 17.1 Å². The maximum atomic E-state index is 8.95. The molecule has 0 aromatic carbocycles. The van der Waals surface area contributed by atoms with Gasteiger partial charge in [-0.2, -0.15) is 4.98 Å². The molecule has 6 nitrogen and oxygen atoms in total. The van der Waals surface area contributed by atoms with E-state index < -0.39 is 0 Å². The highest BCUT2D eigenvalue weighted by atomic mass is 16.3. The first-order valence-electron chi connectivity index (χ1n) is 5.23. The Bertz CT molecular complexity index is 505. The third-order valence-electron chi connectivity index (χ3n) is 2.42. The molecule has 0 bridgehead atoms. The van der Waals surface area contributed by atoms with Gasteiger partial charge in [-0.05, 0) is 13.8 Å². The molecular weight excluding hydrogens is 206 g/mol. The normalized spacial score (nSPS) is 11.5. The van der Waals surface area contributed by atoms with Crippen molar-refractivity contribution in [1.29, 1.82) is 0 Å². The molecule has 0 spiro atoms. The Kier molecular flexibility index (Phi) is 2.74.